The maximum absolute atomic E-state index is 13.9. The molecular weight excluding hydrogens is 327 g/mol. The van der Waals surface area contributed by atoms with E-state index in [1.165, 1.54) is 17.2 Å². The first kappa shape index (κ1) is 13.1. The van der Waals surface area contributed by atoms with Crippen molar-refractivity contribution in [3.63, 3.8) is 0 Å². The van der Waals surface area contributed by atoms with E-state index in [4.69, 9.17) is 11.6 Å². The Morgan fingerprint density at radius 1 is 1.16 bits per heavy atom. The van der Waals surface area contributed by atoms with Gasteiger partial charge in [0.15, 0.2) is 0 Å². The molecule has 98 valence electrons. The average molecular weight is 340 g/mol. The van der Waals surface area contributed by atoms with E-state index in [9.17, 15) is 4.39 Å². The van der Waals surface area contributed by atoms with Crippen LogP contribution in [0.3, 0.4) is 0 Å². The third kappa shape index (κ3) is 2.44. The second-order valence-electron chi connectivity index (χ2n) is 4.97. The summed E-state index contributed by atoms with van der Waals surface area (Å²) in [5.41, 5.74) is 3.30. The van der Waals surface area contributed by atoms with E-state index in [0.29, 0.717) is 22.9 Å². The van der Waals surface area contributed by atoms with Gasteiger partial charge in [-0.15, -0.1) is 0 Å². The molecule has 0 aliphatic heterocycles. The normalized spacial score (nSPS) is 21.4. The minimum Gasteiger partial charge on any atom is -0.207 e. The largest absolute Gasteiger partial charge is 0.207 e. The smallest absolute Gasteiger partial charge is 0.127 e. The highest BCUT2D eigenvalue weighted by Crippen LogP contribution is 2.44. The van der Waals surface area contributed by atoms with Gasteiger partial charge in [-0.25, -0.2) is 4.39 Å². The third-order valence-electron chi connectivity index (χ3n) is 3.78. The van der Waals surface area contributed by atoms with Crippen molar-refractivity contribution < 1.29 is 4.39 Å². The Bertz CT molecular complexity index is 591. The SMILES string of the molecule is Fc1cccc(Cl)c1CC1Cc2ccccc2C1Br. The number of rotatable bonds is 2. The molecule has 0 saturated heterocycles. The predicted octanol–water partition coefficient (Wildman–Crippen LogP) is 5.33. The number of hydrogen-bond acceptors (Lipinski definition) is 0. The van der Waals surface area contributed by atoms with Gasteiger partial charge in [0.1, 0.15) is 5.82 Å². The predicted molar refractivity (Wildman–Crippen MR) is 80.4 cm³/mol. The van der Waals surface area contributed by atoms with Crippen molar-refractivity contribution in [3.8, 4) is 0 Å². The van der Waals surface area contributed by atoms with Crippen LogP contribution < -0.4 is 0 Å². The van der Waals surface area contributed by atoms with Gasteiger partial charge in [0.2, 0.25) is 0 Å². The van der Waals surface area contributed by atoms with Crippen molar-refractivity contribution in [3.05, 3.63) is 70.0 Å². The standard InChI is InChI=1S/C16H13BrClF/c17-16-11(8-10-4-1-2-5-12(10)16)9-13-14(18)6-3-7-15(13)19/h1-7,11,16H,8-9H2. The van der Waals surface area contributed by atoms with Crippen LogP contribution in [0.15, 0.2) is 42.5 Å². The molecule has 0 spiro atoms. The molecule has 0 radical (unpaired) electrons. The van der Waals surface area contributed by atoms with Crippen LogP contribution in [0.25, 0.3) is 0 Å². The summed E-state index contributed by atoms with van der Waals surface area (Å²) in [5, 5.41) is 0.524. The highest BCUT2D eigenvalue weighted by atomic mass is 79.9. The van der Waals surface area contributed by atoms with Gasteiger partial charge in [0.25, 0.3) is 0 Å². The van der Waals surface area contributed by atoms with E-state index in [1.54, 1.807) is 12.1 Å². The van der Waals surface area contributed by atoms with Gasteiger partial charge in [0.05, 0.1) is 0 Å². The van der Waals surface area contributed by atoms with Crippen LogP contribution in [0.5, 0.6) is 0 Å². The first-order valence-electron chi connectivity index (χ1n) is 6.31. The van der Waals surface area contributed by atoms with Crippen LogP contribution >= 0.6 is 27.5 Å². The Hall–Kier alpha value is -0.860. The molecule has 2 aromatic carbocycles. The number of fused-ring (bicyclic) bond motifs is 1. The summed E-state index contributed by atoms with van der Waals surface area (Å²) >= 11 is 9.86. The molecule has 0 bridgehead atoms. The first-order chi connectivity index (χ1) is 9.16. The number of alkyl halides is 1. The van der Waals surface area contributed by atoms with Crippen LogP contribution in [0.1, 0.15) is 21.5 Å². The molecule has 2 aromatic rings. The van der Waals surface area contributed by atoms with Crippen LogP contribution in [-0.4, -0.2) is 0 Å². The topological polar surface area (TPSA) is 0 Å². The third-order valence-corrected chi connectivity index (χ3v) is 5.37. The van der Waals surface area contributed by atoms with Crippen LogP contribution in [0.2, 0.25) is 5.02 Å². The molecule has 0 nitrogen and oxygen atoms in total. The molecule has 3 heteroatoms. The molecule has 2 atom stereocenters. The molecule has 0 heterocycles. The van der Waals surface area contributed by atoms with Gasteiger partial charge in [-0.3, -0.25) is 0 Å². The Morgan fingerprint density at radius 3 is 2.68 bits per heavy atom. The number of halogens is 3. The molecule has 1 aliphatic carbocycles. The molecule has 0 fully saturated rings. The van der Waals surface area contributed by atoms with Gasteiger partial charge >= 0.3 is 0 Å². The van der Waals surface area contributed by atoms with Crippen molar-refractivity contribution in [1.82, 2.24) is 0 Å². The van der Waals surface area contributed by atoms with Gasteiger partial charge in [0, 0.05) is 15.4 Å². The maximum atomic E-state index is 13.9. The highest BCUT2D eigenvalue weighted by molar-refractivity contribution is 9.09. The molecule has 19 heavy (non-hydrogen) atoms. The number of hydrogen-bond donors (Lipinski definition) is 0. The maximum Gasteiger partial charge on any atom is 0.127 e. The van der Waals surface area contributed by atoms with Gasteiger partial charge in [-0.2, -0.15) is 0 Å². The van der Waals surface area contributed by atoms with Crippen LogP contribution in [0, 0.1) is 11.7 Å². The Kier molecular flexibility index (Phi) is 3.64. The molecular formula is C16H13BrClF. The second-order valence-corrected chi connectivity index (χ2v) is 6.36. The van der Waals surface area contributed by atoms with E-state index >= 15 is 0 Å². The fourth-order valence-corrected chi connectivity index (χ4v) is 3.85. The lowest BCUT2D eigenvalue weighted by atomic mass is 9.96. The monoisotopic (exact) mass is 338 g/mol. The van der Waals surface area contributed by atoms with Gasteiger partial charge in [-0.1, -0.05) is 57.9 Å². The minimum atomic E-state index is -0.205. The van der Waals surface area contributed by atoms with E-state index in [2.05, 4.69) is 34.1 Å². The zero-order valence-corrected chi connectivity index (χ0v) is 12.6. The zero-order valence-electron chi connectivity index (χ0n) is 10.2. The minimum absolute atomic E-state index is 0.205. The lowest BCUT2D eigenvalue weighted by molar-refractivity contribution is 0.527. The summed E-state index contributed by atoms with van der Waals surface area (Å²) in [5.74, 6) is 0.148. The number of benzene rings is 2. The van der Waals surface area contributed by atoms with Crippen LogP contribution in [0.4, 0.5) is 4.39 Å². The zero-order chi connectivity index (χ0) is 13.4. The summed E-state index contributed by atoms with van der Waals surface area (Å²) in [6.45, 7) is 0. The molecule has 2 unspecified atom stereocenters. The molecule has 3 rings (SSSR count). The molecule has 0 N–H and O–H groups in total. The first-order valence-corrected chi connectivity index (χ1v) is 7.61. The summed E-state index contributed by atoms with van der Waals surface area (Å²) in [4.78, 5) is 0.277. The summed E-state index contributed by atoms with van der Waals surface area (Å²) < 4.78 is 13.9. The molecule has 1 aliphatic rings. The van der Waals surface area contributed by atoms with E-state index in [-0.39, 0.29) is 10.6 Å². The molecule has 0 saturated carbocycles. The Labute approximate surface area is 125 Å². The summed E-state index contributed by atoms with van der Waals surface area (Å²) in [6.07, 6.45) is 1.63. The average Bonchev–Trinajstić information content (AvgIpc) is 2.72. The summed E-state index contributed by atoms with van der Waals surface area (Å²) in [7, 11) is 0. The quantitative estimate of drug-likeness (QED) is 0.649. The molecule has 0 aromatic heterocycles. The Balaban J connectivity index is 1.87. The van der Waals surface area contributed by atoms with Gasteiger partial charge < -0.3 is 0 Å². The fourth-order valence-electron chi connectivity index (χ4n) is 2.79. The second kappa shape index (κ2) is 5.26. The van der Waals surface area contributed by atoms with E-state index in [1.807, 2.05) is 6.07 Å². The van der Waals surface area contributed by atoms with Gasteiger partial charge in [-0.05, 0) is 42.0 Å². The Morgan fingerprint density at radius 2 is 1.95 bits per heavy atom. The van der Waals surface area contributed by atoms with E-state index in [0.717, 1.165) is 6.42 Å². The van der Waals surface area contributed by atoms with Crippen molar-refractivity contribution in [2.75, 3.05) is 0 Å². The van der Waals surface area contributed by atoms with E-state index < -0.39 is 0 Å². The summed E-state index contributed by atoms with van der Waals surface area (Å²) in [6, 6.07) is 13.3. The molecule has 0 amide bonds. The van der Waals surface area contributed by atoms with Crippen molar-refractivity contribution in [2.24, 2.45) is 5.92 Å². The van der Waals surface area contributed by atoms with Crippen LogP contribution in [-0.2, 0) is 12.8 Å². The lowest BCUT2D eigenvalue weighted by Crippen LogP contribution is -2.08. The van der Waals surface area contributed by atoms with Crippen molar-refractivity contribution >= 4 is 27.5 Å². The fraction of sp³-hybridized carbons (Fsp3) is 0.250. The highest BCUT2D eigenvalue weighted by Gasteiger charge is 2.31. The van der Waals surface area contributed by atoms with Crippen molar-refractivity contribution in [2.45, 2.75) is 17.7 Å². The lowest BCUT2D eigenvalue weighted by Gasteiger charge is -2.16. The van der Waals surface area contributed by atoms with Crippen molar-refractivity contribution in [1.29, 1.82) is 0 Å².